The lowest BCUT2D eigenvalue weighted by Gasteiger charge is -2.33. The molecular weight excluding hydrogens is 297 g/mol. The molecular formula is C17H18FN3O2. The van der Waals surface area contributed by atoms with Crippen LogP contribution in [0.25, 0.3) is 0 Å². The van der Waals surface area contributed by atoms with Crippen LogP contribution >= 0.6 is 0 Å². The zero-order valence-electron chi connectivity index (χ0n) is 12.8. The first-order valence-corrected chi connectivity index (χ1v) is 7.58. The highest BCUT2D eigenvalue weighted by atomic mass is 19.1. The van der Waals surface area contributed by atoms with Crippen LogP contribution in [0.4, 0.5) is 10.1 Å². The summed E-state index contributed by atoms with van der Waals surface area (Å²) in [6, 6.07) is 7.39. The Morgan fingerprint density at radius 3 is 2.96 bits per heavy atom. The van der Waals surface area contributed by atoms with Crippen molar-refractivity contribution >= 4 is 17.5 Å². The second-order valence-corrected chi connectivity index (χ2v) is 5.70. The number of halogens is 1. The summed E-state index contributed by atoms with van der Waals surface area (Å²) in [6.45, 7) is 2.30. The van der Waals surface area contributed by atoms with Crippen molar-refractivity contribution in [3.05, 3.63) is 53.6 Å². The Morgan fingerprint density at radius 2 is 2.22 bits per heavy atom. The van der Waals surface area contributed by atoms with Crippen LogP contribution in [0, 0.1) is 12.7 Å². The van der Waals surface area contributed by atoms with Gasteiger partial charge in [0.15, 0.2) is 0 Å². The molecule has 5 nitrogen and oxygen atoms in total. The zero-order valence-corrected chi connectivity index (χ0v) is 12.8. The SMILES string of the molecule is Cc1ccc(F)c(N2CCCC(NC(=O)c3ccc[nH]3)C2=O)c1. The number of aromatic nitrogens is 1. The Bertz CT molecular complexity index is 727. The summed E-state index contributed by atoms with van der Waals surface area (Å²) >= 11 is 0. The molecule has 6 heteroatoms. The van der Waals surface area contributed by atoms with Gasteiger partial charge in [-0.1, -0.05) is 6.07 Å². The molecule has 0 radical (unpaired) electrons. The van der Waals surface area contributed by atoms with E-state index in [4.69, 9.17) is 0 Å². The molecule has 2 N–H and O–H groups in total. The minimum absolute atomic E-state index is 0.272. The standard InChI is InChI=1S/C17H18FN3O2/c1-11-6-7-12(18)15(10-11)21-9-3-5-14(17(21)23)20-16(22)13-4-2-8-19-13/h2,4,6-8,10,14,19H,3,5,9H2,1H3,(H,20,22). The average Bonchev–Trinajstić information content (AvgIpc) is 3.06. The number of carbonyl (C=O) groups is 2. The Hall–Kier alpha value is -2.63. The molecule has 0 saturated carbocycles. The number of anilines is 1. The third-order valence-electron chi connectivity index (χ3n) is 3.98. The fourth-order valence-corrected chi connectivity index (χ4v) is 2.79. The molecule has 1 fully saturated rings. The number of amides is 2. The van der Waals surface area contributed by atoms with Gasteiger partial charge in [0, 0.05) is 12.7 Å². The maximum atomic E-state index is 14.1. The number of aromatic amines is 1. The molecule has 0 bridgehead atoms. The fourth-order valence-electron chi connectivity index (χ4n) is 2.79. The molecule has 1 aliphatic rings. The summed E-state index contributed by atoms with van der Waals surface area (Å²) in [4.78, 5) is 29.0. The van der Waals surface area contributed by atoms with Gasteiger partial charge < -0.3 is 15.2 Å². The van der Waals surface area contributed by atoms with Crippen molar-refractivity contribution < 1.29 is 14.0 Å². The predicted molar refractivity (Wildman–Crippen MR) is 84.8 cm³/mol. The predicted octanol–water partition coefficient (Wildman–Crippen LogP) is 2.39. The van der Waals surface area contributed by atoms with Crippen molar-refractivity contribution in [1.29, 1.82) is 0 Å². The topological polar surface area (TPSA) is 65.2 Å². The van der Waals surface area contributed by atoms with E-state index in [0.717, 1.165) is 5.56 Å². The Morgan fingerprint density at radius 1 is 1.39 bits per heavy atom. The van der Waals surface area contributed by atoms with Crippen molar-refractivity contribution in [3.63, 3.8) is 0 Å². The van der Waals surface area contributed by atoms with Gasteiger partial charge in [0.2, 0.25) is 5.91 Å². The normalized spacial score (nSPS) is 18.1. The highest BCUT2D eigenvalue weighted by Crippen LogP contribution is 2.25. The zero-order chi connectivity index (χ0) is 16.4. The molecule has 0 aliphatic carbocycles. The Balaban J connectivity index is 1.78. The third kappa shape index (κ3) is 3.11. The van der Waals surface area contributed by atoms with Crippen LogP contribution in [0.15, 0.2) is 36.5 Å². The van der Waals surface area contributed by atoms with Gasteiger partial charge in [-0.05, 0) is 49.6 Å². The Labute approximate surface area is 133 Å². The first-order valence-electron chi connectivity index (χ1n) is 7.58. The molecule has 2 aromatic rings. The van der Waals surface area contributed by atoms with Crippen molar-refractivity contribution in [2.75, 3.05) is 11.4 Å². The molecule has 2 heterocycles. The molecule has 1 aromatic carbocycles. The third-order valence-corrected chi connectivity index (χ3v) is 3.98. The molecule has 1 unspecified atom stereocenters. The average molecular weight is 315 g/mol. The van der Waals surface area contributed by atoms with Crippen LogP contribution in [0.1, 0.15) is 28.9 Å². The number of piperidine rings is 1. The van der Waals surface area contributed by atoms with Crippen molar-refractivity contribution in [1.82, 2.24) is 10.3 Å². The summed E-state index contributed by atoms with van der Waals surface area (Å²) in [5, 5.41) is 2.72. The van der Waals surface area contributed by atoms with Gasteiger partial charge in [-0.3, -0.25) is 9.59 Å². The molecule has 1 aromatic heterocycles. The molecule has 1 aliphatic heterocycles. The van der Waals surface area contributed by atoms with Gasteiger partial charge >= 0.3 is 0 Å². The molecule has 23 heavy (non-hydrogen) atoms. The van der Waals surface area contributed by atoms with E-state index < -0.39 is 11.9 Å². The number of H-pyrrole nitrogens is 1. The summed E-state index contributed by atoms with van der Waals surface area (Å²) < 4.78 is 14.1. The lowest BCUT2D eigenvalue weighted by atomic mass is 10.0. The minimum atomic E-state index is -0.639. The maximum Gasteiger partial charge on any atom is 0.268 e. The van der Waals surface area contributed by atoms with Gasteiger partial charge in [0.25, 0.3) is 5.91 Å². The summed E-state index contributed by atoms with van der Waals surface area (Å²) in [7, 11) is 0. The van der Waals surface area contributed by atoms with Crippen LogP contribution in [0.2, 0.25) is 0 Å². The van der Waals surface area contributed by atoms with Crippen molar-refractivity contribution in [2.45, 2.75) is 25.8 Å². The van der Waals surface area contributed by atoms with E-state index in [9.17, 15) is 14.0 Å². The number of nitrogens with one attached hydrogen (secondary N) is 2. The first-order chi connectivity index (χ1) is 11.1. The van der Waals surface area contributed by atoms with Crippen LogP contribution in [-0.2, 0) is 4.79 Å². The summed E-state index contributed by atoms with van der Waals surface area (Å²) in [6.07, 6.45) is 2.90. The van der Waals surface area contributed by atoms with Gasteiger partial charge in [-0.15, -0.1) is 0 Å². The molecule has 0 spiro atoms. The number of nitrogens with zero attached hydrogens (tertiary/aromatic N) is 1. The molecule has 3 rings (SSSR count). The maximum absolute atomic E-state index is 14.1. The van der Waals surface area contributed by atoms with Gasteiger partial charge in [-0.2, -0.15) is 0 Å². The minimum Gasteiger partial charge on any atom is -0.357 e. The molecule has 1 saturated heterocycles. The van der Waals surface area contributed by atoms with E-state index in [-0.39, 0.29) is 17.5 Å². The van der Waals surface area contributed by atoms with Gasteiger partial charge in [0.1, 0.15) is 17.6 Å². The monoisotopic (exact) mass is 315 g/mol. The van der Waals surface area contributed by atoms with E-state index in [0.29, 0.717) is 25.1 Å². The number of carbonyl (C=O) groups excluding carboxylic acids is 2. The lowest BCUT2D eigenvalue weighted by Crippen LogP contribution is -2.52. The second kappa shape index (κ2) is 6.24. The van der Waals surface area contributed by atoms with Crippen LogP contribution in [0.3, 0.4) is 0 Å². The molecule has 120 valence electrons. The number of hydrogen-bond acceptors (Lipinski definition) is 2. The highest BCUT2D eigenvalue weighted by Gasteiger charge is 2.32. The number of benzene rings is 1. The Kier molecular flexibility index (Phi) is 4.14. The number of hydrogen-bond donors (Lipinski definition) is 2. The largest absolute Gasteiger partial charge is 0.357 e. The van der Waals surface area contributed by atoms with Crippen LogP contribution in [-0.4, -0.2) is 29.4 Å². The van der Waals surface area contributed by atoms with Crippen molar-refractivity contribution in [2.24, 2.45) is 0 Å². The number of rotatable bonds is 3. The van der Waals surface area contributed by atoms with E-state index in [1.807, 2.05) is 6.92 Å². The summed E-state index contributed by atoms with van der Waals surface area (Å²) in [5.41, 5.74) is 1.55. The van der Waals surface area contributed by atoms with E-state index in [2.05, 4.69) is 10.3 Å². The van der Waals surface area contributed by atoms with E-state index >= 15 is 0 Å². The molecule has 2 amide bonds. The first kappa shape index (κ1) is 15.3. The molecule has 1 atom stereocenters. The van der Waals surface area contributed by atoms with E-state index in [1.165, 1.54) is 11.0 Å². The number of aryl methyl sites for hydroxylation is 1. The summed E-state index contributed by atoms with van der Waals surface area (Å²) in [5.74, 6) is -1.04. The quantitative estimate of drug-likeness (QED) is 0.913. The van der Waals surface area contributed by atoms with E-state index in [1.54, 1.807) is 30.5 Å². The van der Waals surface area contributed by atoms with Crippen molar-refractivity contribution in [3.8, 4) is 0 Å². The van der Waals surface area contributed by atoms with Gasteiger partial charge in [0.05, 0.1) is 5.69 Å². The smallest absolute Gasteiger partial charge is 0.268 e. The fraction of sp³-hybridized carbons (Fsp3) is 0.294. The van der Waals surface area contributed by atoms with Crippen LogP contribution in [0.5, 0.6) is 0 Å². The van der Waals surface area contributed by atoms with Gasteiger partial charge in [-0.25, -0.2) is 4.39 Å². The second-order valence-electron chi connectivity index (χ2n) is 5.70. The lowest BCUT2D eigenvalue weighted by molar-refractivity contribution is -0.121. The highest BCUT2D eigenvalue weighted by molar-refractivity contribution is 6.02. The van der Waals surface area contributed by atoms with Crippen LogP contribution < -0.4 is 10.2 Å².